The molecule has 0 aliphatic rings. The van der Waals surface area contributed by atoms with Gasteiger partial charge in [-0.25, -0.2) is 0 Å². The van der Waals surface area contributed by atoms with E-state index in [0.717, 1.165) is 17.0 Å². The second kappa shape index (κ2) is 8.29. The summed E-state index contributed by atoms with van der Waals surface area (Å²) < 4.78 is 5.35. The van der Waals surface area contributed by atoms with Crippen molar-refractivity contribution < 1.29 is 4.74 Å². The topological polar surface area (TPSA) is 72.0 Å². The van der Waals surface area contributed by atoms with E-state index in [1.54, 1.807) is 13.3 Å². The lowest BCUT2D eigenvalue weighted by Crippen LogP contribution is -2.07. The number of hydrogen-bond donors (Lipinski definition) is 2. The molecule has 0 saturated carbocycles. The molecule has 0 radical (unpaired) electrons. The Bertz CT molecular complexity index is 849. The van der Waals surface area contributed by atoms with Crippen LogP contribution in [0.2, 0.25) is 0 Å². The van der Waals surface area contributed by atoms with Gasteiger partial charge in [0.2, 0.25) is 5.95 Å². The fraction of sp³-hybridized carbons (Fsp3) is 0.250. The van der Waals surface area contributed by atoms with Crippen LogP contribution in [0.1, 0.15) is 30.9 Å². The monoisotopic (exact) mass is 349 g/mol. The van der Waals surface area contributed by atoms with Crippen molar-refractivity contribution in [1.29, 1.82) is 0 Å². The molecule has 0 bridgehead atoms. The Kier molecular flexibility index (Phi) is 5.63. The number of benzene rings is 2. The minimum atomic E-state index is 0.458. The van der Waals surface area contributed by atoms with Crippen molar-refractivity contribution in [2.75, 3.05) is 17.7 Å². The summed E-state index contributed by atoms with van der Waals surface area (Å²) in [6, 6.07) is 16.1. The van der Waals surface area contributed by atoms with E-state index in [9.17, 15) is 0 Å². The first-order chi connectivity index (χ1) is 12.7. The van der Waals surface area contributed by atoms with Gasteiger partial charge in [-0.1, -0.05) is 44.2 Å². The maximum absolute atomic E-state index is 5.35. The fourth-order valence-corrected chi connectivity index (χ4v) is 2.56. The smallest absolute Gasteiger partial charge is 0.244 e. The molecular weight excluding hydrogens is 326 g/mol. The number of nitrogens with one attached hydrogen (secondary N) is 2. The van der Waals surface area contributed by atoms with E-state index in [1.807, 2.05) is 36.4 Å². The van der Waals surface area contributed by atoms with E-state index in [2.05, 4.69) is 51.8 Å². The first kappa shape index (κ1) is 17.7. The maximum atomic E-state index is 5.35. The zero-order chi connectivity index (χ0) is 18.4. The Balaban J connectivity index is 1.66. The number of ether oxygens (including phenoxy) is 1. The molecule has 0 fully saturated rings. The van der Waals surface area contributed by atoms with Gasteiger partial charge in [0, 0.05) is 17.8 Å². The number of hydrogen-bond acceptors (Lipinski definition) is 6. The molecular formula is C20H23N5O. The molecule has 0 atom stereocenters. The molecule has 6 heteroatoms. The van der Waals surface area contributed by atoms with Gasteiger partial charge in [-0.05, 0) is 29.7 Å². The first-order valence-electron chi connectivity index (χ1n) is 8.58. The Morgan fingerprint density at radius 1 is 1.04 bits per heavy atom. The summed E-state index contributed by atoms with van der Waals surface area (Å²) in [7, 11) is 1.66. The molecule has 26 heavy (non-hydrogen) atoms. The highest BCUT2D eigenvalue weighted by Gasteiger charge is 2.05. The minimum Gasteiger partial charge on any atom is -0.496 e. The normalized spacial score (nSPS) is 10.6. The van der Waals surface area contributed by atoms with Crippen LogP contribution in [0.3, 0.4) is 0 Å². The molecule has 3 rings (SSSR count). The van der Waals surface area contributed by atoms with Crippen LogP contribution < -0.4 is 15.4 Å². The largest absolute Gasteiger partial charge is 0.496 e. The fourth-order valence-electron chi connectivity index (χ4n) is 2.56. The van der Waals surface area contributed by atoms with Crippen molar-refractivity contribution in [2.45, 2.75) is 26.3 Å². The van der Waals surface area contributed by atoms with Gasteiger partial charge in [-0.2, -0.15) is 10.1 Å². The van der Waals surface area contributed by atoms with Gasteiger partial charge in [-0.3, -0.25) is 0 Å². The summed E-state index contributed by atoms with van der Waals surface area (Å²) in [6.45, 7) is 4.91. The van der Waals surface area contributed by atoms with E-state index in [0.29, 0.717) is 24.2 Å². The van der Waals surface area contributed by atoms with Crippen LogP contribution in [0, 0.1) is 0 Å². The van der Waals surface area contributed by atoms with Crippen LogP contribution in [0.15, 0.2) is 54.7 Å². The van der Waals surface area contributed by atoms with Gasteiger partial charge in [0.1, 0.15) is 5.75 Å². The van der Waals surface area contributed by atoms with Crippen molar-refractivity contribution in [3.63, 3.8) is 0 Å². The number of para-hydroxylation sites is 1. The quantitative estimate of drug-likeness (QED) is 0.660. The van der Waals surface area contributed by atoms with Crippen molar-refractivity contribution in [3.8, 4) is 5.75 Å². The van der Waals surface area contributed by atoms with E-state index >= 15 is 0 Å². The zero-order valence-electron chi connectivity index (χ0n) is 15.2. The standard InChI is InChI=1S/C20H23N5O/c1-14(2)15-8-10-17(11-9-15)23-19-13-22-25-20(24-19)21-12-16-6-4-5-7-18(16)26-3/h4-11,13-14H,12H2,1-3H3,(H2,21,23,24,25). The molecule has 2 N–H and O–H groups in total. The predicted molar refractivity (Wildman–Crippen MR) is 104 cm³/mol. The molecule has 1 aromatic heterocycles. The van der Waals surface area contributed by atoms with Crippen LogP contribution in [-0.2, 0) is 6.54 Å². The van der Waals surface area contributed by atoms with Crippen LogP contribution in [0.25, 0.3) is 0 Å². The van der Waals surface area contributed by atoms with Crippen molar-refractivity contribution >= 4 is 17.5 Å². The Hall–Kier alpha value is -3.15. The summed E-state index contributed by atoms with van der Waals surface area (Å²) in [5.41, 5.74) is 3.29. The van der Waals surface area contributed by atoms with E-state index in [1.165, 1.54) is 5.56 Å². The SMILES string of the molecule is COc1ccccc1CNc1nncc(Nc2ccc(C(C)C)cc2)n1. The van der Waals surface area contributed by atoms with Gasteiger partial charge in [-0.15, -0.1) is 5.10 Å². The molecule has 0 aliphatic heterocycles. The summed E-state index contributed by atoms with van der Waals surface area (Å²) in [5.74, 6) is 2.43. The van der Waals surface area contributed by atoms with Crippen LogP contribution in [0.4, 0.5) is 17.5 Å². The number of rotatable bonds is 7. The molecule has 2 aromatic carbocycles. The van der Waals surface area contributed by atoms with Gasteiger partial charge >= 0.3 is 0 Å². The lowest BCUT2D eigenvalue weighted by molar-refractivity contribution is 0.410. The van der Waals surface area contributed by atoms with Gasteiger partial charge in [0.05, 0.1) is 13.3 Å². The van der Waals surface area contributed by atoms with Gasteiger partial charge in [0.25, 0.3) is 0 Å². The molecule has 0 aliphatic carbocycles. The lowest BCUT2D eigenvalue weighted by atomic mass is 10.0. The van der Waals surface area contributed by atoms with Crippen LogP contribution in [-0.4, -0.2) is 22.3 Å². The molecule has 1 heterocycles. The van der Waals surface area contributed by atoms with Crippen LogP contribution in [0.5, 0.6) is 5.75 Å². The highest BCUT2D eigenvalue weighted by molar-refractivity contribution is 5.56. The van der Waals surface area contributed by atoms with Gasteiger partial charge in [0.15, 0.2) is 5.82 Å². The molecule has 0 amide bonds. The number of methoxy groups -OCH3 is 1. The first-order valence-corrected chi connectivity index (χ1v) is 8.58. The third-order valence-electron chi connectivity index (χ3n) is 4.04. The number of nitrogens with zero attached hydrogens (tertiary/aromatic N) is 3. The molecule has 6 nitrogen and oxygen atoms in total. The predicted octanol–water partition coefficient (Wildman–Crippen LogP) is 4.36. The van der Waals surface area contributed by atoms with Crippen molar-refractivity contribution in [2.24, 2.45) is 0 Å². The van der Waals surface area contributed by atoms with Crippen molar-refractivity contribution in [3.05, 3.63) is 65.9 Å². The third kappa shape index (κ3) is 4.47. The van der Waals surface area contributed by atoms with Gasteiger partial charge < -0.3 is 15.4 Å². The molecule has 0 saturated heterocycles. The van der Waals surface area contributed by atoms with E-state index in [4.69, 9.17) is 4.74 Å². The molecule has 0 unspecified atom stereocenters. The Morgan fingerprint density at radius 3 is 2.54 bits per heavy atom. The molecule has 134 valence electrons. The third-order valence-corrected chi connectivity index (χ3v) is 4.04. The molecule has 0 spiro atoms. The second-order valence-electron chi connectivity index (χ2n) is 6.23. The summed E-state index contributed by atoms with van der Waals surface area (Å²) >= 11 is 0. The summed E-state index contributed by atoms with van der Waals surface area (Å²) in [4.78, 5) is 4.46. The lowest BCUT2D eigenvalue weighted by Gasteiger charge is -2.11. The van der Waals surface area contributed by atoms with Crippen molar-refractivity contribution in [1.82, 2.24) is 15.2 Å². The summed E-state index contributed by atoms with van der Waals surface area (Å²) in [5, 5.41) is 14.5. The average molecular weight is 349 g/mol. The average Bonchev–Trinajstić information content (AvgIpc) is 2.67. The van der Waals surface area contributed by atoms with E-state index in [-0.39, 0.29) is 0 Å². The number of aromatic nitrogens is 3. The highest BCUT2D eigenvalue weighted by atomic mass is 16.5. The Labute approximate surface area is 153 Å². The minimum absolute atomic E-state index is 0.458. The number of anilines is 3. The van der Waals surface area contributed by atoms with Crippen LogP contribution >= 0.6 is 0 Å². The highest BCUT2D eigenvalue weighted by Crippen LogP contribution is 2.20. The summed E-state index contributed by atoms with van der Waals surface area (Å²) in [6.07, 6.45) is 1.60. The zero-order valence-corrected chi connectivity index (χ0v) is 15.2. The molecule has 3 aromatic rings. The maximum Gasteiger partial charge on any atom is 0.244 e. The second-order valence-corrected chi connectivity index (χ2v) is 6.23. The van der Waals surface area contributed by atoms with E-state index < -0.39 is 0 Å². The Morgan fingerprint density at radius 2 is 1.81 bits per heavy atom.